The normalized spacial score (nSPS) is 37.0. The molecule has 1 unspecified atom stereocenters. The second-order valence-electron chi connectivity index (χ2n) is 18.1. The van der Waals surface area contributed by atoms with E-state index in [4.69, 9.17) is 18.9 Å². The van der Waals surface area contributed by atoms with Crippen molar-refractivity contribution in [2.24, 2.45) is 11.3 Å². The van der Waals surface area contributed by atoms with E-state index in [-0.39, 0.29) is 17.9 Å². The largest absolute Gasteiger partial charge is 0.496 e. The van der Waals surface area contributed by atoms with E-state index in [1.807, 2.05) is 50.1 Å². The first kappa shape index (κ1) is 40.0. The predicted octanol–water partition coefficient (Wildman–Crippen LogP) is 4.18. The van der Waals surface area contributed by atoms with Gasteiger partial charge < -0.3 is 39.0 Å². The summed E-state index contributed by atoms with van der Waals surface area (Å²) in [7, 11) is 6.21. The lowest BCUT2D eigenvalue weighted by molar-refractivity contribution is -0.228. The first-order valence-electron chi connectivity index (χ1n) is 21.2. The van der Waals surface area contributed by atoms with Crippen LogP contribution >= 0.6 is 0 Å². The average molecular weight is 811 g/mol. The van der Waals surface area contributed by atoms with E-state index in [2.05, 4.69) is 39.1 Å². The summed E-state index contributed by atoms with van der Waals surface area (Å²) in [6, 6.07) is 11.2. The molecule has 3 aromatic rings. The third-order valence-corrected chi connectivity index (χ3v) is 15.6. The number of benzene rings is 2. The molecule has 2 saturated heterocycles. The van der Waals surface area contributed by atoms with E-state index < -0.39 is 58.0 Å². The average Bonchev–Trinajstić information content (AvgIpc) is 3.89. The number of piperidine rings is 1. The molecule has 5 aliphatic heterocycles. The lowest BCUT2D eigenvalue weighted by Gasteiger charge is -2.63. The summed E-state index contributed by atoms with van der Waals surface area (Å²) in [4.78, 5) is 52.5. The minimum atomic E-state index is -2.28. The highest BCUT2D eigenvalue weighted by Gasteiger charge is 2.80. The van der Waals surface area contributed by atoms with Gasteiger partial charge in [0.1, 0.15) is 11.7 Å². The number of rotatable bonds is 7. The maximum Gasteiger partial charge on any atom is 0.344 e. The van der Waals surface area contributed by atoms with Gasteiger partial charge in [0.15, 0.2) is 6.10 Å². The van der Waals surface area contributed by atoms with Gasteiger partial charge >= 0.3 is 17.9 Å². The van der Waals surface area contributed by atoms with Crippen LogP contribution in [0.5, 0.6) is 5.75 Å². The van der Waals surface area contributed by atoms with Crippen molar-refractivity contribution in [1.82, 2.24) is 14.8 Å². The second kappa shape index (κ2) is 14.1. The molecular formula is C46H58N4O9. The van der Waals surface area contributed by atoms with Crippen LogP contribution in [0, 0.1) is 11.3 Å². The molecule has 2 bridgehead atoms. The Hall–Kier alpha value is -4.43. The van der Waals surface area contributed by atoms with E-state index in [0.29, 0.717) is 70.6 Å². The third kappa shape index (κ3) is 5.39. The molecule has 1 saturated carbocycles. The zero-order valence-electron chi connectivity index (χ0n) is 35.2. The Morgan fingerprint density at radius 3 is 2.47 bits per heavy atom. The number of hydrogen-bond acceptors (Lipinski definition) is 12. The van der Waals surface area contributed by atoms with Crippen LogP contribution in [0.3, 0.4) is 0 Å². The molecule has 1 spiro atoms. The lowest BCUT2D eigenvalue weighted by Crippen LogP contribution is -2.81. The Morgan fingerprint density at radius 2 is 1.78 bits per heavy atom. The fourth-order valence-electron chi connectivity index (χ4n) is 13.4. The fraction of sp³-hybridized carbons (Fsp3) is 0.587. The number of hydrogen-bond donors (Lipinski definition) is 3. The van der Waals surface area contributed by atoms with Crippen LogP contribution in [-0.4, -0.2) is 133 Å². The van der Waals surface area contributed by atoms with Crippen LogP contribution in [0.4, 0.5) is 5.69 Å². The molecule has 1 aliphatic carbocycles. The van der Waals surface area contributed by atoms with Crippen LogP contribution in [0.2, 0.25) is 0 Å². The van der Waals surface area contributed by atoms with Crippen molar-refractivity contribution in [3.8, 4) is 5.75 Å². The number of anilines is 1. The van der Waals surface area contributed by atoms with Crippen molar-refractivity contribution in [3.63, 3.8) is 0 Å². The number of aromatic amines is 1. The number of esters is 3. The summed E-state index contributed by atoms with van der Waals surface area (Å²) < 4.78 is 23.7. The standard InChI is InChI=1S/C46H58N4O9/c1-8-43(54)23-27-24-49(25-43)19-15-29-28-13-10-11-14-32(28)47-37(29)36(38(52)57-6)35(27)30-21-31-33(22-34(30)56-5)48(4)40-45(31)17-20-50-18-12-16-44(9-2,39(45)50)41(59-26(3)51)46(40,55)42(53)58-7/h10-14,16,21-22,27,35-36,39-41,47,54-55H,8-9,15,17-20,23-25H2,1-7H3/t27-,35-,36+,39-,40+,41+,43-,44+,45+,46-/m0/s1. The molecule has 2 aromatic carbocycles. The number of nitrogens with one attached hydrogen (secondary N) is 1. The molecule has 3 N–H and O–H groups in total. The lowest BCUT2D eigenvalue weighted by atomic mass is 9.47. The first-order valence-corrected chi connectivity index (χ1v) is 21.2. The number of ether oxygens (including phenoxy) is 4. The number of H-pyrrole nitrogens is 1. The zero-order chi connectivity index (χ0) is 41.8. The summed E-state index contributed by atoms with van der Waals surface area (Å²) in [5, 5.41) is 26.6. The molecule has 3 fully saturated rings. The van der Waals surface area contributed by atoms with Crippen molar-refractivity contribution in [2.45, 2.75) is 99.5 Å². The Labute approximate surface area is 345 Å². The summed E-state index contributed by atoms with van der Waals surface area (Å²) in [6.45, 7) is 8.60. The summed E-state index contributed by atoms with van der Waals surface area (Å²) in [5.74, 6) is -2.80. The zero-order valence-corrected chi connectivity index (χ0v) is 35.2. The molecule has 13 nitrogen and oxygen atoms in total. The molecule has 13 heteroatoms. The van der Waals surface area contributed by atoms with Gasteiger partial charge in [-0.05, 0) is 73.4 Å². The number of methoxy groups -OCH3 is 3. The van der Waals surface area contributed by atoms with E-state index in [1.165, 1.54) is 21.1 Å². The first-order chi connectivity index (χ1) is 28.3. The van der Waals surface area contributed by atoms with Gasteiger partial charge in [0, 0.05) is 91.3 Å². The van der Waals surface area contributed by atoms with Crippen LogP contribution in [-0.2, 0) is 40.4 Å². The van der Waals surface area contributed by atoms with Gasteiger partial charge in [-0.15, -0.1) is 0 Å². The highest BCUT2D eigenvalue weighted by atomic mass is 16.6. The third-order valence-electron chi connectivity index (χ3n) is 15.6. The number of aromatic nitrogens is 1. The van der Waals surface area contributed by atoms with Gasteiger partial charge in [-0.25, -0.2) is 4.79 Å². The molecule has 11 atom stereocenters. The van der Waals surface area contributed by atoms with Crippen LogP contribution in [0.1, 0.15) is 80.7 Å². The summed E-state index contributed by atoms with van der Waals surface area (Å²) in [6.07, 6.45) is 5.66. The van der Waals surface area contributed by atoms with Crippen molar-refractivity contribution < 1.29 is 43.5 Å². The molecule has 0 amide bonds. The van der Waals surface area contributed by atoms with E-state index in [0.717, 1.165) is 39.0 Å². The number of fused-ring (bicyclic) bond motifs is 6. The summed E-state index contributed by atoms with van der Waals surface area (Å²) in [5.41, 5.74) is 0.247. The van der Waals surface area contributed by atoms with Crippen LogP contribution < -0.4 is 9.64 Å². The molecule has 59 heavy (non-hydrogen) atoms. The highest BCUT2D eigenvalue weighted by molar-refractivity contribution is 5.90. The quantitative estimate of drug-likeness (QED) is 0.178. The van der Waals surface area contributed by atoms with Crippen LogP contribution in [0.25, 0.3) is 10.9 Å². The summed E-state index contributed by atoms with van der Waals surface area (Å²) >= 11 is 0. The Bertz CT molecular complexity index is 2240. The van der Waals surface area contributed by atoms with Gasteiger partial charge in [-0.3, -0.25) is 19.4 Å². The number of para-hydroxylation sites is 1. The topological polar surface area (TPSA) is 154 Å². The van der Waals surface area contributed by atoms with Crippen molar-refractivity contribution in [3.05, 3.63) is 70.9 Å². The van der Waals surface area contributed by atoms with E-state index >= 15 is 0 Å². The molecule has 9 rings (SSSR count). The monoisotopic (exact) mass is 810 g/mol. The molecule has 6 aliphatic rings. The predicted molar refractivity (Wildman–Crippen MR) is 221 cm³/mol. The number of likely N-dealkylation sites (N-methyl/N-ethyl adjacent to an activating group) is 1. The fourth-order valence-corrected chi connectivity index (χ4v) is 13.4. The van der Waals surface area contributed by atoms with Gasteiger partial charge in [0.05, 0.1) is 33.0 Å². The number of aliphatic hydroxyl groups is 2. The molecule has 6 heterocycles. The maximum absolute atomic E-state index is 14.7. The molecule has 316 valence electrons. The smallest absolute Gasteiger partial charge is 0.344 e. The molecular weight excluding hydrogens is 753 g/mol. The van der Waals surface area contributed by atoms with Gasteiger partial charge in [-0.2, -0.15) is 0 Å². The van der Waals surface area contributed by atoms with Crippen molar-refractivity contribution in [1.29, 1.82) is 0 Å². The number of carbonyl (C=O) groups excluding carboxylic acids is 3. The Kier molecular flexibility index (Phi) is 9.54. The minimum absolute atomic E-state index is 0.200. The number of carbonyl (C=O) groups is 3. The van der Waals surface area contributed by atoms with Crippen LogP contribution in [0.15, 0.2) is 48.6 Å². The Balaban J connectivity index is 1.34. The van der Waals surface area contributed by atoms with Gasteiger partial charge in [0.2, 0.25) is 5.60 Å². The van der Waals surface area contributed by atoms with Gasteiger partial charge in [-0.1, -0.05) is 44.2 Å². The van der Waals surface area contributed by atoms with E-state index in [9.17, 15) is 24.6 Å². The molecule has 0 radical (unpaired) electrons. The van der Waals surface area contributed by atoms with E-state index in [1.54, 1.807) is 7.11 Å². The highest BCUT2D eigenvalue weighted by Crippen LogP contribution is 2.68. The minimum Gasteiger partial charge on any atom is -0.496 e. The van der Waals surface area contributed by atoms with Gasteiger partial charge in [0.25, 0.3) is 0 Å². The second-order valence-corrected chi connectivity index (χ2v) is 18.1. The Morgan fingerprint density at radius 1 is 1.00 bits per heavy atom. The maximum atomic E-state index is 14.7. The molecule has 1 aromatic heterocycles. The number of nitrogens with zero attached hydrogens (tertiary/aromatic N) is 3. The van der Waals surface area contributed by atoms with Crippen molar-refractivity contribution >= 4 is 34.5 Å². The van der Waals surface area contributed by atoms with Crippen molar-refractivity contribution in [2.75, 3.05) is 66.0 Å². The SMILES string of the molecule is CC[C@]1(O)C[C@H]2CN(CCc3c([nH]c4ccccc34)[C@H](C(=O)OC)[C@@H]2c2cc3c(cc2OC)N(C)[C@H]2[C@@](O)(C(=O)OC)[C@H](OC(C)=O)[C@]4(CC)C=CCN5CC[C@]32[C@@H]54)C1.